The highest BCUT2D eigenvalue weighted by Crippen LogP contribution is 2.27. The van der Waals surface area contributed by atoms with Gasteiger partial charge in [0.1, 0.15) is 11.6 Å². The van der Waals surface area contributed by atoms with Crippen molar-refractivity contribution in [1.82, 2.24) is 0 Å². The first-order valence-electron chi connectivity index (χ1n) is 3.95. The van der Waals surface area contributed by atoms with E-state index in [0.29, 0.717) is 5.56 Å². The normalized spacial score (nSPS) is 10.4. The lowest BCUT2D eigenvalue weighted by molar-refractivity contribution is 0.607. The van der Waals surface area contributed by atoms with Gasteiger partial charge in [-0.3, -0.25) is 0 Å². The lowest BCUT2D eigenvalue weighted by atomic mass is 10.1. The molecule has 0 atom stereocenters. The third kappa shape index (κ3) is 1.48. The second-order valence-corrected chi connectivity index (χ2v) is 3.65. The first-order chi connectivity index (χ1) is 6.68. The highest BCUT2D eigenvalue weighted by molar-refractivity contribution is 7.08. The Morgan fingerprint density at radius 3 is 2.57 bits per heavy atom. The summed E-state index contributed by atoms with van der Waals surface area (Å²) in [5, 5.41) is 3.57. The quantitative estimate of drug-likeness (QED) is 0.720. The van der Waals surface area contributed by atoms with E-state index >= 15 is 0 Å². The summed E-state index contributed by atoms with van der Waals surface area (Å²) >= 11 is 1.43. The molecule has 0 unspecified atom stereocenters. The van der Waals surface area contributed by atoms with Crippen molar-refractivity contribution in [2.45, 2.75) is 0 Å². The lowest BCUT2D eigenvalue weighted by Crippen LogP contribution is -1.93. The van der Waals surface area contributed by atoms with E-state index in [-0.39, 0.29) is 11.3 Å². The Hall–Kier alpha value is -1.42. The molecular formula is C10H7F2NS. The van der Waals surface area contributed by atoms with Gasteiger partial charge < -0.3 is 5.73 Å². The molecule has 0 aliphatic heterocycles. The predicted octanol–water partition coefficient (Wildman–Crippen LogP) is 3.28. The smallest absolute Gasteiger partial charge is 0.146 e. The van der Waals surface area contributed by atoms with Crippen molar-refractivity contribution in [3.8, 4) is 11.1 Å². The SMILES string of the molecule is Nc1cc(F)c(-c2ccsc2)cc1F. The number of anilines is 1. The molecule has 0 spiro atoms. The van der Waals surface area contributed by atoms with E-state index in [1.807, 2.05) is 5.38 Å². The summed E-state index contributed by atoms with van der Waals surface area (Å²) in [5.74, 6) is -1.09. The average Bonchev–Trinajstić information content (AvgIpc) is 2.64. The number of nitrogen functional groups attached to an aromatic ring is 1. The van der Waals surface area contributed by atoms with Crippen LogP contribution in [0.15, 0.2) is 29.0 Å². The number of benzene rings is 1. The van der Waals surface area contributed by atoms with Crippen LogP contribution < -0.4 is 5.73 Å². The maximum absolute atomic E-state index is 13.4. The Balaban J connectivity index is 2.60. The van der Waals surface area contributed by atoms with Crippen LogP contribution >= 0.6 is 11.3 Å². The van der Waals surface area contributed by atoms with Crippen molar-refractivity contribution in [2.24, 2.45) is 0 Å². The first-order valence-corrected chi connectivity index (χ1v) is 4.90. The standard InChI is InChI=1S/C10H7F2NS/c11-8-4-10(13)9(12)3-7(8)6-1-2-14-5-6/h1-5H,13H2. The number of halogens is 2. The molecule has 0 bridgehead atoms. The monoisotopic (exact) mass is 211 g/mol. The van der Waals surface area contributed by atoms with Crippen LogP contribution in [0.25, 0.3) is 11.1 Å². The van der Waals surface area contributed by atoms with E-state index in [1.54, 1.807) is 11.4 Å². The molecule has 2 rings (SSSR count). The molecule has 0 saturated heterocycles. The van der Waals surface area contributed by atoms with E-state index in [2.05, 4.69) is 0 Å². The predicted molar refractivity (Wildman–Crippen MR) is 54.1 cm³/mol. The summed E-state index contributed by atoms with van der Waals surface area (Å²) in [4.78, 5) is 0. The number of thiophene rings is 1. The minimum absolute atomic E-state index is 0.165. The van der Waals surface area contributed by atoms with Gasteiger partial charge in [0.15, 0.2) is 0 Å². The van der Waals surface area contributed by atoms with Gasteiger partial charge in [-0.1, -0.05) is 0 Å². The van der Waals surface area contributed by atoms with Gasteiger partial charge in [0.05, 0.1) is 5.69 Å². The molecule has 0 amide bonds. The molecule has 1 aromatic carbocycles. The maximum atomic E-state index is 13.4. The number of nitrogens with two attached hydrogens (primary N) is 1. The van der Waals surface area contributed by atoms with Gasteiger partial charge in [0, 0.05) is 11.6 Å². The zero-order valence-corrected chi connectivity index (χ0v) is 7.94. The van der Waals surface area contributed by atoms with Crippen LogP contribution in [0.2, 0.25) is 0 Å². The van der Waals surface area contributed by atoms with Crippen LogP contribution in [-0.4, -0.2) is 0 Å². The van der Waals surface area contributed by atoms with Crippen molar-refractivity contribution in [3.63, 3.8) is 0 Å². The van der Waals surface area contributed by atoms with Crippen molar-refractivity contribution in [3.05, 3.63) is 40.6 Å². The van der Waals surface area contributed by atoms with Crippen LogP contribution in [0, 0.1) is 11.6 Å². The Morgan fingerprint density at radius 2 is 1.93 bits per heavy atom. The topological polar surface area (TPSA) is 26.0 Å². The van der Waals surface area contributed by atoms with Gasteiger partial charge in [-0.2, -0.15) is 11.3 Å². The summed E-state index contributed by atoms with van der Waals surface area (Å²) in [6.45, 7) is 0. The van der Waals surface area contributed by atoms with Gasteiger partial charge in [-0.15, -0.1) is 0 Å². The fourth-order valence-electron chi connectivity index (χ4n) is 1.20. The molecule has 0 aliphatic rings. The number of rotatable bonds is 1. The van der Waals surface area contributed by atoms with E-state index < -0.39 is 11.6 Å². The van der Waals surface area contributed by atoms with Gasteiger partial charge >= 0.3 is 0 Å². The van der Waals surface area contributed by atoms with Crippen molar-refractivity contribution < 1.29 is 8.78 Å². The molecule has 0 fully saturated rings. The Morgan fingerprint density at radius 1 is 1.14 bits per heavy atom. The summed E-state index contributed by atoms with van der Waals surface area (Å²) in [5.41, 5.74) is 5.99. The van der Waals surface area contributed by atoms with Gasteiger partial charge in [-0.25, -0.2) is 8.78 Å². The molecule has 1 heterocycles. The fraction of sp³-hybridized carbons (Fsp3) is 0. The summed E-state index contributed by atoms with van der Waals surface area (Å²) in [6, 6.07) is 3.85. The second kappa shape index (κ2) is 3.38. The zero-order valence-electron chi connectivity index (χ0n) is 7.13. The van der Waals surface area contributed by atoms with Crippen LogP contribution in [0.5, 0.6) is 0 Å². The first kappa shape index (κ1) is 9.15. The summed E-state index contributed by atoms with van der Waals surface area (Å²) < 4.78 is 26.4. The maximum Gasteiger partial charge on any atom is 0.146 e. The highest BCUT2D eigenvalue weighted by Gasteiger charge is 2.09. The molecule has 2 aromatic rings. The number of hydrogen-bond donors (Lipinski definition) is 1. The molecule has 72 valence electrons. The van der Waals surface area contributed by atoms with E-state index in [9.17, 15) is 8.78 Å². The van der Waals surface area contributed by atoms with Crippen LogP contribution in [0.3, 0.4) is 0 Å². The number of hydrogen-bond acceptors (Lipinski definition) is 2. The van der Waals surface area contributed by atoms with E-state index in [4.69, 9.17) is 5.73 Å². The van der Waals surface area contributed by atoms with Crippen LogP contribution in [0.4, 0.5) is 14.5 Å². The van der Waals surface area contributed by atoms with Crippen LogP contribution in [-0.2, 0) is 0 Å². The molecule has 1 aromatic heterocycles. The van der Waals surface area contributed by atoms with Crippen molar-refractivity contribution in [1.29, 1.82) is 0 Å². The van der Waals surface area contributed by atoms with Gasteiger partial charge in [0.25, 0.3) is 0 Å². The molecule has 0 radical (unpaired) electrons. The molecule has 14 heavy (non-hydrogen) atoms. The largest absolute Gasteiger partial charge is 0.396 e. The summed E-state index contributed by atoms with van der Waals surface area (Å²) in [6.07, 6.45) is 0. The zero-order chi connectivity index (χ0) is 10.1. The molecule has 0 aliphatic carbocycles. The third-order valence-electron chi connectivity index (χ3n) is 1.92. The molecule has 0 saturated carbocycles. The van der Waals surface area contributed by atoms with E-state index in [1.165, 1.54) is 11.3 Å². The highest BCUT2D eigenvalue weighted by atomic mass is 32.1. The Kier molecular flexibility index (Phi) is 2.21. The van der Waals surface area contributed by atoms with Gasteiger partial charge in [-0.05, 0) is 28.5 Å². The Labute approximate surface area is 83.8 Å². The Bertz CT molecular complexity index is 451. The van der Waals surface area contributed by atoms with Crippen molar-refractivity contribution in [2.75, 3.05) is 5.73 Å². The minimum Gasteiger partial charge on any atom is -0.396 e. The van der Waals surface area contributed by atoms with E-state index in [0.717, 1.165) is 12.1 Å². The molecule has 1 nitrogen and oxygen atoms in total. The molecule has 4 heteroatoms. The minimum atomic E-state index is -0.590. The summed E-state index contributed by atoms with van der Waals surface area (Å²) in [7, 11) is 0. The van der Waals surface area contributed by atoms with Crippen LogP contribution in [0.1, 0.15) is 0 Å². The fourth-order valence-corrected chi connectivity index (χ4v) is 1.86. The molecular weight excluding hydrogens is 204 g/mol. The third-order valence-corrected chi connectivity index (χ3v) is 2.60. The average molecular weight is 211 g/mol. The van der Waals surface area contributed by atoms with Crippen molar-refractivity contribution >= 4 is 17.0 Å². The lowest BCUT2D eigenvalue weighted by Gasteiger charge is -2.02. The van der Waals surface area contributed by atoms with Gasteiger partial charge in [0.2, 0.25) is 0 Å². The second-order valence-electron chi connectivity index (χ2n) is 2.87. The molecule has 2 N–H and O–H groups in total.